The first-order valence-electron chi connectivity index (χ1n) is 7.37. The Morgan fingerprint density at radius 2 is 2.00 bits per heavy atom. The van der Waals surface area contributed by atoms with Crippen molar-refractivity contribution in [2.24, 2.45) is 0 Å². The largest absolute Gasteiger partial charge is 0.307 e. The highest BCUT2D eigenvalue weighted by Gasteiger charge is 2.36. The van der Waals surface area contributed by atoms with Crippen molar-refractivity contribution in [1.82, 2.24) is 20.0 Å². The Morgan fingerprint density at radius 1 is 1.40 bits per heavy atom. The van der Waals surface area contributed by atoms with Gasteiger partial charge in [0.2, 0.25) is 0 Å². The number of hydrogen-bond acceptors (Lipinski definition) is 3. The van der Waals surface area contributed by atoms with E-state index in [4.69, 9.17) is 0 Å². The second-order valence-corrected chi connectivity index (χ2v) is 7.21. The highest BCUT2D eigenvalue weighted by atomic mass is 79.9. The molecule has 1 unspecified atom stereocenters. The van der Waals surface area contributed by atoms with Gasteiger partial charge >= 0.3 is 0 Å². The molecule has 0 bridgehead atoms. The highest BCUT2D eigenvalue weighted by molar-refractivity contribution is 9.10. The summed E-state index contributed by atoms with van der Waals surface area (Å²) in [7, 11) is 4.26. The molecule has 0 aliphatic heterocycles. The molecule has 5 heteroatoms. The molecule has 0 aliphatic rings. The van der Waals surface area contributed by atoms with E-state index in [1.54, 1.807) is 0 Å². The van der Waals surface area contributed by atoms with E-state index in [1.165, 1.54) is 5.69 Å². The molecule has 1 atom stereocenters. The van der Waals surface area contributed by atoms with E-state index >= 15 is 0 Å². The smallest absolute Gasteiger partial charge is 0.0717 e. The zero-order valence-electron chi connectivity index (χ0n) is 13.9. The standard InChI is InChI=1S/C15H29BrN4/c1-8-9-17-14(15(4,5)19(6)7)13-12(16)10-18-20(13)11(2)3/h10-11,14,17H,8-9H2,1-7H3. The maximum atomic E-state index is 4.53. The minimum absolute atomic E-state index is 0.00956. The molecule has 1 rings (SSSR count). The minimum atomic E-state index is -0.00956. The van der Waals surface area contributed by atoms with E-state index in [0.29, 0.717) is 6.04 Å². The van der Waals surface area contributed by atoms with Crippen molar-refractivity contribution in [3.05, 3.63) is 16.4 Å². The van der Waals surface area contributed by atoms with Gasteiger partial charge in [0.25, 0.3) is 0 Å². The van der Waals surface area contributed by atoms with Crippen molar-refractivity contribution >= 4 is 15.9 Å². The number of aromatic nitrogens is 2. The Balaban J connectivity index is 3.27. The summed E-state index contributed by atoms with van der Waals surface area (Å²) in [5, 5.41) is 8.23. The molecule has 1 heterocycles. The summed E-state index contributed by atoms with van der Waals surface area (Å²) >= 11 is 3.68. The molecule has 0 aromatic carbocycles. The molecule has 20 heavy (non-hydrogen) atoms. The fourth-order valence-corrected chi connectivity index (χ4v) is 2.76. The second kappa shape index (κ2) is 7.05. The number of nitrogens with zero attached hydrogens (tertiary/aromatic N) is 3. The monoisotopic (exact) mass is 344 g/mol. The van der Waals surface area contributed by atoms with Gasteiger partial charge in [-0.15, -0.1) is 0 Å². The van der Waals surface area contributed by atoms with Crippen LogP contribution in [0.15, 0.2) is 10.7 Å². The predicted octanol–water partition coefficient (Wildman–Crippen LogP) is 3.61. The SMILES string of the molecule is CCCNC(c1c(Br)cnn1C(C)C)C(C)(C)N(C)C. The lowest BCUT2D eigenvalue weighted by Gasteiger charge is -2.41. The number of likely N-dealkylation sites (N-methyl/N-ethyl adjacent to an activating group) is 1. The van der Waals surface area contributed by atoms with Gasteiger partial charge in [-0.25, -0.2) is 0 Å². The lowest BCUT2D eigenvalue weighted by molar-refractivity contribution is 0.131. The third kappa shape index (κ3) is 3.62. The molecule has 0 aliphatic carbocycles. The van der Waals surface area contributed by atoms with Crippen LogP contribution >= 0.6 is 15.9 Å². The van der Waals surface area contributed by atoms with Gasteiger partial charge in [-0.3, -0.25) is 4.68 Å². The number of nitrogens with one attached hydrogen (secondary N) is 1. The molecule has 1 aromatic heterocycles. The molecule has 0 saturated heterocycles. The minimum Gasteiger partial charge on any atom is -0.307 e. The van der Waals surface area contributed by atoms with Crippen LogP contribution in [0.5, 0.6) is 0 Å². The number of halogens is 1. The Morgan fingerprint density at radius 3 is 2.45 bits per heavy atom. The van der Waals surface area contributed by atoms with E-state index in [9.17, 15) is 0 Å². The van der Waals surface area contributed by atoms with E-state index < -0.39 is 0 Å². The number of rotatable bonds is 7. The van der Waals surface area contributed by atoms with Gasteiger partial charge in [0, 0.05) is 11.6 Å². The van der Waals surface area contributed by atoms with Crippen LogP contribution in [0.1, 0.15) is 58.8 Å². The first-order chi connectivity index (χ1) is 9.23. The Labute approximate surface area is 132 Å². The van der Waals surface area contributed by atoms with Crippen LogP contribution in [0.4, 0.5) is 0 Å². The summed E-state index contributed by atoms with van der Waals surface area (Å²) in [6, 6.07) is 0.567. The van der Waals surface area contributed by atoms with Crippen LogP contribution in [-0.2, 0) is 0 Å². The fraction of sp³-hybridized carbons (Fsp3) is 0.800. The van der Waals surface area contributed by atoms with Gasteiger partial charge in [-0.1, -0.05) is 6.92 Å². The van der Waals surface area contributed by atoms with Gasteiger partial charge in [-0.05, 0) is 70.7 Å². The van der Waals surface area contributed by atoms with Crippen molar-refractivity contribution in [3.8, 4) is 0 Å². The molecule has 1 aromatic rings. The van der Waals surface area contributed by atoms with Crippen LogP contribution < -0.4 is 5.32 Å². The maximum Gasteiger partial charge on any atom is 0.0717 e. The van der Waals surface area contributed by atoms with Crippen LogP contribution in [-0.4, -0.2) is 40.9 Å². The summed E-state index contributed by atoms with van der Waals surface area (Å²) < 4.78 is 3.19. The Bertz CT molecular complexity index is 424. The number of hydrogen-bond donors (Lipinski definition) is 1. The maximum absolute atomic E-state index is 4.53. The van der Waals surface area contributed by atoms with Crippen LogP contribution in [0.2, 0.25) is 0 Å². The van der Waals surface area contributed by atoms with E-state index in [1.807, 2.05) is 6.20 Å². The molecule has 116 valence electrons. The highest BCUT2D eigenvalue weighted by Crippen LogP contribution is 2.35. The average molecular weight is 345 g/mol. The Hall–Kier alpha value is -0.390. The first kappa shape index (κ1) is 17.7. The van der Waals surface area contributed by atoms with Crippen molar-refractivity contribution in [1.29, 1.82) is 0 Å². The lowest BCUT2D eigenvalue weighted by Crippen LogP contribution is -2.50. The lowest BCUT2D eigenvalue weighted by atomic mass is 9.90. The van der Waals surface area contributed by atoms with E-state index in [-0.39, 0.29) is 11.6 Å². The van der Waals surface area contributed by atoms with Gasteiger partial charge in [-0.2, -0.15) is 5.10 Å². The van der Waals surface area contributed by atoms with Gasteiger partial charge < -0.3 is 10.2 Å². The quantitative estimate of drug-likeness (QED) is 0.820. The van der Waals surface area contributed by atoms with E-state index in [0.717, 1.165) is 17.4 Å². The van der Waals surface area contributed by atoms with Gasteiger partial charge in [0.05, 0.1) is 22.4 Å². The van der Waals surface area contributed by atoms with Crippen molar-refractivity contribution in [2.45, 2.75) is 58.7 Å². The summed E-state index contributed by atoms with van der Waals surface area (Å²) in [5.41, 5.74) is 1.22. The summed E-state index contributed by atoms with van der Waals surface area (Å²) in [6.07, 6.45) is 3.02. The normalized spacial score (nSPS) is 14.3. The topological polar surface area (TPSA) is 33.1 Å². The third-order valence-electron chi connectivity index (χ3n) is 4.01. The third-order valence-corrected chi connectivity index (χ3v) is 4.62. The molecule has 1 N–H and O–H groups in total. The molecule has 4 nitrogen and oxygen atoms in total. The molecule has 0 spiro atoms. The molecule has 0 saturated carbocycles. The fourth-order valence-electron chi connectivity index (χ4n) is 2.26. The molecular weight excluding hydrogens is 316 g/mol. The van der Waals surface area contributed by atoms with Crippen LogP contribution in [0, 0.1) is 0 Å². The van der Waals surface area contributed by atoms with Crippen molar-refractivity contribution in [2.75, 3.05) is 20.6 Å². The molecule has 0 amide bonds. The average Bonchev–Trinajstić information content (AvgIpc) is 2.72. The first-order valence-corrected chi connectivity index (χ1v) is 8.16. The Kier molecular flexibility index (Phi) is 6.23. The summed E-state index contributed by atoms with van der Waals surface area (Å²) in [5.74, 6) is 0. The van der Waals surface area contributed by atoms with Crippen LogP contribution in [0.3, 0.4) is 0 Å². The van der Waals surface area contributed by atoms with Crippen molar-refractivity contribution in [3.63, 3.8) is 0 Å². The van der Waals surface area contributed by atoms with Crippen molar-refractivity contribution < 1.29 is 0 Å². The predicted molar refractivity (Wildman–Crippen MR) is 89.1 cm³/mol. The molecule has 0 fully saturated rings. The van der Waals surface area contributed by atoms with Gasteiger partial charge in [0.15, 0.2) is 0 Å². The van der Waals surface area contributed by atoms with Crippen LogP contribution in [0.25, 0.3) is 0 Å². The van der Waals surface area contributed by atoms with E-state index in [2.05, 4.69) is 84.6 Å². The van der Waals surface area contributed by atoms with Gasteiger partial charge in [0.1, 0.15) is 0 Å². The zero-order valence-corrected chi connectivity index (χ0v) is 15.5. The summed E-state index contributed by atoms with van der Waals surface area (Å²) in [6.45, 7) is 12.1. The molecular formula is C15H29BrN4. The summed E-state index contributed by atoms with van der Waals surface area (Å²) in [4.78, 5) is 2.27. The zero-order chi connectivity index (χ0) is 15.5. The second-order valence-electron chi connectivity index (χ2n) is 6.35. The molecule has 0 radical (unpaired) electrons.